The normalized spacial score (nSPS) is 17.0. The first-order chi connectivity index (χ1) is 32.2. The summed E-state index contributed by atoms with van der Waals surface area (Å²) < 4.78 is 4.90. The molecule has 14 rings (SSSR count). The van der Waals surface area contributed by atoms with Crippen molar-refractivity contribution in [1.29, 1.82) is 0 Å². The summed E-state index contributed by atoms with van der Waals surface area (Å²) in [6, 6.07) is 65.9. The highest BCUT2D eigenvalue weighted by atomic mass is 15.2. The summed E-state index contributed by atoms with van der Waals surface area (Å²) in [6.45, 7) is 0. The molecule has 11 aromatic rings. The monoisotopic (exact) mass is 831 g/mol. The maximum atomic E-state index is 5.46. The molecule has 2 unspecified atom stereocenters. The largest absolute Gasteiger partial charge is 0.334 e. The van der Waals surface area contributed by atoms with Crippen LogP contribution in [0.3, 0.4) is 0 Å². The van der Waals surface area contributed by atoms with Crippen LogP contribution in [0.5, 0.6) is 0 Å². The highest BCUT2D eigenvalue weighted by molar-refractivity contribution is 6.13. The molecule has 1 aliphatic heterocycles. The van der Waals surface area contributed by atoms with E-state index in [-0.39, 0.29) is 12.0 Å². The lowest BCUT2D eigenvalue weighted by molar-refractivity contribution is 0.724. The minimum absolute atomic E-state index is 0.0702. The van der Waals surface area contributed by atoms with Gasteiger partial charge >= 0.3 is 0 Å². The minimum atomic E-state index is 0.0702. The second-order valence-corrected chi connectivity index (χ2v) is 17.6. The predicted octanol–water partition coefficient (Wildman–Crippen LogP) is 14.8. The standard InChI is InChI=1S/C60H41N5/c1-2-16-39(17-3-1)59-58-44-20-5-4-15-38(44)29-32-51(58)61-60(62-59)40-18-14-19-41(35-40)63-56-33-30-42(64-52-25-10-6-21-45(52)46-22-7-11-26-53(46)64)36-49(56)50-37-43(31-34-57(50)63)65-54-27-12-8-23-47(54)48-24-9-13-28-55(48)65/h1-13,15-17,19-37,49,56H,14,18H2. The van der Waals surface area contributed by atoms with Crippen LogP contribution in [0.2, 0.25) is 0 Å². The third kappa shape index (κ3) is 5.45. The third-order valence-corrected chi connectivity index (χ3v) is 14.1. The molecule has 0 spiro atoms. The number of nitrogens with zero attached hydrogens (tertiary/aromatic N) is 5. The average Bonchev–Trinajstić information content (AvgIpc) is 4.01. The van der Waals surface area contributed by atoms with Crippen molar-refractivity contribution in [3.63, 3.8) is 0 Å². The molecule has 306 valence electrons. The van der Waals surface area contributed by atoms with Crippen LogP contribution in [-0.2, 0) is 0 Å². The van der Waals surface area contributed by atoms with Gasteiger partial charge in [-0.05, 0) is 95.4 Å². The van der Waals surface area contributed by atoms with Crippen molar-refractivity contribution in [2.24, 2.45) is 0 Å². The van der Waals surface area contributed by atoms with Gasteiger partial charge in [-0.3, -0.25) is 0 Å². The van der Waals surface area contributed by atoms with Crippen LogP contribution in [0.1, 0.15) is 30.1 Å². The first-order valence-corrected chi connectivity index (χ1v) is 22.7. The average molecular weight is 832 g/mol. The van der Waals surface area contributed by atoms with E-state index in [1.165, 1.54) is 82.7 Å². The number of benzene rings is 8. The Kier molecular flexibility index (Phi) is 7.87. The number of anilines is 1. The van der Waals surface area contributed by atoms with E-state index < -0.39 is 0 Å². The van der Waals surface area contributed by atoms with Gasteiger partial charge in [0.1, 0.15) is 0 Å². The fraction of sp³-hybridized carbons (Fsp3) is 0.0667. The van der Waals surface area contributed by atoms with E-state index in [0.29, 0.717) is 0 Å². The van der Waals surface area contributed by atoms with Gasteiger partial charge in [0.15, 0.2) is 5.82 Å². The number of para-hydroxylation sites is 4. The Labute approximate surface area is 375 Å². The zero-order chi connectivity index (χ0) is 42.6. The van der Waals surface area contributed by atoms with Crippen LogP contribution in [0.25, 0.3) is 93.5 Å². The zero-order valence-corrected chi connectivity index (χ0v) is 35.5. The van der Waals surface area contributed by atoms with E-state index in [2.05, 4.69) is 226 Å². The Morgan fingerprint density at radius 2 is 1.14 bits per heavy atom. The summed E-state index contributed by atoms with van der Waals surface area (Å²) in [7, 11) is 0. The summed E-state index contributed by atoms with van der Waals surface area (Å²) in [4.78, 5) is 13.4. The lowest BCUT2D eigenvalue weighted by atomic mass is 9.89. The molecule has 0 amide bonds. The number of hydrogen-bond donors (Lipinski definition) is 0. The predicted molar refractivity (Wildman–Crippen MR) is 270 cm³/mol. The fourth-order valence-electron chi connectivity index (χ4n) is 11.2. The van der Waals surface area contributed by atoms with E-state index in [0.717, 1.165) is 46.4 Å². The first-order valence-electron chi connectivity index (χ1n) is 22.7. The summed E-state index contributed by atoms with van der Waals surface area (Å²) >= 11 is 0. The lowest BCUT2D eigenvalue weighted by Crippen LogP contribution is -2.32. The zero-order valence-electron chi connectivity index (χ0n) is 35.5. The topological polar surface area (TPSA) is 38.9 Å². The van der Waals surface area contributed by atoms with Crippen LogP contribution >= 0.6 is 0 Å². The molecule has 3 aliphatic rings. The van der Waals surface area contributed by atoms with Gasteiger partial charge in [-0.25, -0.2) is 9.97 Å². The molecule has 2 atom stereocenters. The second kappa shape index (κ2) is 14.1. The Bertz CT molecular complexity index is 3810. The van der Waals surface area contributed by atoms with Crippen molar-refractivity contribution in [1.82, 2.24) is 19.1 Å². The molecule has 3 aromatic heterocycles. The summed E-state index contributed by atoms with van der Waals surface area (Å²) in [5.74, 6) is 0.884. The van der Waals surface area contributed by atoms with Crippen molar-refractivity contribution < 1.29 is 0 Å². The van der Waals surface area contributed by atoms with Gasteiger partial charge in [0.2, 0.25) is 0 Å². The molecule has 0 bridgehead atoms. The number of allylic oxidation sites excluding steroid dienone is 5. The van der Waals surface area contributed by atoms with Crippen LogP contribution in [0.4, 0.5) is 5.69 Å². The second-order valence-electron chi connectivity index (χ2n) is 17.6. The van der Waals surface area contributed by atoms with Gasteiger partial charge in [0, 0.05) is 61.2 Å². The van der Waals surface area contributed by atoms with Gasteiger partial charge in [0.25, 0.3) is 0 Å². The Balaban J connectivity index is 0.944. The summed E-state index contributed by atoms with van der Waals surface area (Å²) in [5, 5.41) is 8.53. The van der Waals surface area contributed by atoms with Crippen LogP contribution in [0, 0.1) is 0 Å². The van der Waals surface area contributed by atoms with Crippen LogP contribution in [-0.4, -0.2) is 25.1 Å². The highest BCUT2D eigenvalue weighted by Gasteiger charge is 2.40. The number of fused-ring (bicyclic) bond motifs is 12. The molecule has 5 nitrogen and oxygen atoms in total. The first kappa shape index (κ1) is 36.2. The number of hydrogen-bond acceptors (Lipinski definition) is 3. The van der Waals surface area contributed by atoms with Crippen molar-refractivity contribution in [2.75, 3.05) is 4.90 Å². The molecule has 2 aliphatic carbocycles. The van der Waals surface area contributed by atoms with Gasteiger partial charge in [-0.15, -0.1) is 0 Å². The van der Waals surface area contributed by atoms with Crippen molar-refractivity contribution in [3.8, 4) is 16.9 Å². The molecule has 4 heterocycles. The highest BCUT2D eigenvalue weighted by Crippen LogP contribution is 2.50. The van der Waals surface area contributed by atoms with Crippen molar-refractivity contribution in [3.05, 3.63) is 229 Å². The Morgan fingerprint density at radius 1 is 0.523 bits per heavy atom. The minimum Gasteiger partial charge on any atom is -0.334 e. The fourth-order valence-corrected chi connectivity index (χ4v) is 11.2. The molecule has 5 heteroatoms. The van der Waals surface area contributed by atoms with Crippen LogP contribution in [0.15, 0.2) is 218 Å². The van der Waals surface area contributed by atoms with Crippen molar-refractivity contribution in [2.45, 2.75) is 24.8 Å². The lowest BCUT2D eigenvalue weighted by Gasteiger charge is -2.32. The molecule has 8 aromatic carbocycles. The summed E-state index contributed by atoms with van der Waals surface area (Å²) in [5.41, 5.74) is 15.2. The molecule has 0 N–H and O–H groups in total. The van der Waals surface area contributed by atoms with E-state index in [4.69, 9.17) is 9.97 Å². The maximum Gasteiger partial charge on any atom is 0.156 e. The SMILES string of the molecule is C1=CC2C(C=C1n1c3ccccc3c3ccccc31)c1cc(-n3c4ccccc4c4ccccc43)ccc1N2C1=CCCC(c2nc(-c3ccccc3)c3c(ccc4ccccc43)n2)=C1. The third-order valence-electron chi connectivity index (χ3n) is 14.1. The van der Waals surface area contributed by atoms with E-state index in [9.17, 15) is 0 Å². The van der Waals surface area contributed by atoms with Gasteiger partial charge < -0.3 is 14.0 Å². The number of rotatable bonds is 5. The summed E-state index contributed by atoms with van der Waals surface area (Å²) in [6.07, 6.45) is 13.9. The van der Waals surface area contributed by atoms with Crippen molar-refractivity contribution >= 4 is 82.2 Å². The smallest absolute Gasteiger partial charge is 0.156 e. The number of aromatic nitrogens is 4. The molecule has 0 saturated heterocycles. The van der Waals surface area contributed by atoms with Crippen LogP contribution < -0.4 is 4.90 Å². The molecule has 0 saturated carbocycles. The van der Waals surface area contributed by atoms with E-state index >= 15 is 0 Å². The van der Waals surface area contributed by atoms with Gasteiger partial charge in [0.05, 0.1) is 39.3 Å². The van der Waals surface area contributed by atoms with E-state index in [1.807, 2.05) is 0 Å². The molecular formula is C60H41N5. The molecule has 65 heavy (non-hydrogen) atoms. The van der Waals surface area contributed by atoms with Gasteiger partial charge in [-0.2, -0.15) is 0 Å². The van der Waals surface area contributed by atoms with E-state index in [1.54, 1.807) is 0 Å². The molecule has 0 fully saturated rings. The molecular weight excluding hydrogens is 791 g/mol. The maximum absolute atomic E-state index is 5.46. The Morgan fingerprint density at radius 3 is 1.83 bits per heavy atom. The molecule has 0 radical (unpaired) electrons. The quantitative estimate of drug-likeness (QED) is 0.162. The van der Waals surface area contributed by atoms with Gasteiger partial charge in [-0.1, -0.05) is 152 Å². The Hall–Kier alpha value is -8.28.